The van der Waals surface area contributed by atoms with Gasteiger partial charge in [0.1, 0.15) is 0 Å². The maximum atomic E-state index is 10.5. The van der Waals surface area contributed by atoms with Gasteiger partial charge >= 0.3 is 0 Å². The summed E-state index contributed by atoms with van der Waals surface area (Å²) in [5.41, 5.74) is 0. The van der Waals surface area contributed by atoms with Crippen molar-refractivity contribution in [1.82, 2.24) is 10.3 Å². The lowest BCUT2D eigenvalue weighted by Crippen LogP contribution is -2.22. The Hall–Kier alpha value is -0.680. The van der Waals surface area contributed by atoms with Crippen molar-refractivity contribution in [2.24, 2.45) is 0 Å². The lowest BCUT2D eigenvalue weighted by atomic mass is 10.5. The van der Waals surface area contributed by atoms with E-state index in [0.29, 0.717) is 6.54 Å². The zero-order valence-electron chi connectivity index (χ0n) is 7.90. The Morgan fingerprint density at radius 3 is 3.14 bits per heavy atom. The first-order valence-electron chi connectivity index (χ1n) is 4.23. The molecule has 1 heterocycles. The monoisotopic (exact) mass is 228 g/mol. The molecule has 1 aromatic rings. The number of amides is 1. The Labute approximate surface area is 91.5 Å². The van der Waals surface area contributed by atoms with Crippen LogP contribution in [0.25, 0.3) is 0 Å². The van der Waals surface area contributed by atoms with E-state index in [1.54, 1.807) is 27.8 Å². The topological polar surface area (TPSA) is 42.0 Å². The Balaban J connectivity index is 2.08. The number of pyridine rings is 1. The molecule has 0 aliphatic rings. The number of carbonyl (C=O) groups is 1. The van der Waals surface area contributed by atoms with Gasteiger partial charge in [0.25, 0.3) is 0 Å². The van der Waals surface area contributed by atoms with E-state index < -0.39 is 0 Å². The van der Waals surface area contributed by atoms with Crippen LogP contribution in [0.3, 0.4) is 0 Å². The minimum atomic E-state index is 0.0250. The molecule has 76 valence electrons. The van der Waals surface area contributed by atoms with Crippen molar-refractivity contribution in [3.8, 4) is 0 Å². The summed E-state index contributed by atoms with van der Waals surface area (Å²) in [7, 11) is 3.39. The van der Waals surface area contributed by atoms with E-state index in [1.807, 2.05) is 18.3 Å². The van der Waals surface area contributed by atoms with Gasteiger partial charge in [-0.1, -0.05) is 21.6 Å². The summed E-state index contributed by atoms with van der Waals surface area (Å²) in [6.45, 7) is 2.24. The molecule has 3 nitrogen and oxygen atoms in total. The van der Waals surface area contributed by atoms with Gasteiger partial charge in [0.05, 0.1) is 0 Å². The number of nitrogens with one attached hydrogen (secondary N) is 1. The minimum absolute atomic E-state index is 0.0250. The second-order valence-corrected chi connectivity index (χ2v) is 5.07. The third-order valence-corrected chi connectivity index (χ3v) is 3.70. The smallest absolute Gasteiger partial charge is 0.216 e. The number of nitrogens with zero attached hydrogens (tertiary/aromatic N) is 1. The second kappa shape index (κ2) is 6.73. The van der Waals surface area contributed by atoms with Crippen LogP contribution in [-0.4, -0.2) is 23.2 Å². The second-order valence-electron chi connectivity index (χ2n) is 2.58. The molecule has 0 saturated heterocycles. The predicted octanol–water partition coefficient (Wildman–Crippen LogP) is 1.96. The molecular weight excluding hydrogens is 216 g/mol. The quantitative estimate of drug-likeness (QED) is 0.618. The highest BCUT2D eigenvalue weighted by atomic mass is 33.1. The molecule has 0 fully saturated rings. The summed E-state index contributed by atoms with van der Waals surface area (Å²) >= 11 is 0. The minimum Gasteiger partial charge on any atom is -0.355 e. The van der Waals surface area contributed by atoms with Crippen molar-refractivity contribution in [2.45, 2.75) is 11.8 Å². The number of hydrogen-bond acceptors (Lipinski definition) is 4. The van der Waals surface area contributed by atoms with Crippen molar-refractivity contribution >= 4 is 27.5 Å². The molecule has 1 N–H and O–H groups in total. The van der Waals surface area contributed by atoms with E-state index >= 15 is 0 Å². The fourth-order valence-electron chi connectivity index (χ4n) is 0.775. The van der Waals surface area contributed by atoms with Gasteiger partial charge in [0, 0.05) is 36.5 Å². The van der Waals surface area contributed by atoms with Gasteiger partial charge in [-0.15, -0.1) is 0 Å². The van der Waals surface area contributed by atoms with Gasteiger partial charge in [-0.05, 0) is 12.1 Å². The molecular formula is C9H12N2OS2. The Morgan fingerprint density at radius 1 is 1.64 bits per heavy atom. The summed E-state index contributed by atoms with van der Waals surface area (Å²) in [4.78, 5) is 15.7. The largest absolute Gasteiger partial charge is 0.355 e. The van der Waals surface area contributed by atoms with E-state index in [4.69, 9.17) is 0 Å². The number of hydrogen-bond donors (Lipinski definition) is 1. The molecule has 1 amide bonds. The van der Waals surface area contributed by atoms with Crippen LogP contribution in [0.1, 0.15) is 6.92 Å². The first kappa shape index (κ1) is 11.4. The average molecular weight is 228 g/mol. The van der Waals surface area contributed by atoms with Crippen molar-refractivity contribution in [3.63, 3.8) is 0 Å². The van der Waals surface area contributed by atoms with E-state index in [9.17, 15) is 4.79 Å². The van der Waals surface area contributed by atoms with Gasteiger partial charge in [-0.3, -0.25) is 9.78 Å². The summed E-state index contributed by atoms with van der Waals surface area (Å²) in [6.07, 6.45) is 3.59. The van der Waals surface area contributed by atoms with Crippen LogP contribution in [-0.2, 0) is 4.79 Å². The number of aromatic nitrogens is 1. The third kappa shape index (κ3) is 5.14. The molecule has 1 aromatic heterocycles. The molecule has 14 heavy (non-hydrogen) atoms. The van der Waals surface area contributed by atoms with Crippen molar-refractivity contribution < 1.29 is 4.79 Å². The van der Waals surface area contributed by atoms with Gasteiger partial charge in [-0.2, -0.15) is 0 Å². The van der Waals surface area contributed by atoms with E-state index in [1.165, 1.54) is 6.92 Å². The summed E-state index contributed by atoms with van der Waals surface area (Å²) in [6, 6.07) is 3.93. The maximum absolute atomic E-state index is 10.5. The van der Waals surface area contributed by atoms with Gasteiger partial charge < -0.3 is 5.32 Å². The predicted molar refractivity (Wildman–Crippen MR) is 61.2 cm³/mol. The van der Waals surface area contributed by atoms with Crippen LogP contribution < -0.4 is 5.32 Å². The highest BCUT2D eigenvalue weighted by Gasteiger charge is 1.94. The van der Waals surface area contributed by atoms with Crippen LogP contribution in [0.4, 0.5) is 0 Å². The molecule has 0 unspecified atom stereocenters. The van der Waals surface area contributed by atoms with Gasteiger partial charge in [0.15, 0.2) is 0 Å². The number of carbonyl (C=O) groups excluding carboxylic acids is 1. The van der Waals surface area contributed by atoms with Gasteiger partial charge in [-0.25, -0.2) is 0 Å². The normalized spacial score (nSPS) is 9.79. The molecule has 0 bridgehead atoms. The summed E-state index contributed by atoms with van der Waals surface area (Å²) < 4.78 is 0. The zero-order valence-corrected chi connectivity index (χ0v) is 9.53. The van der Waals surface area contributed by atoms with Crippen LogP contribution in [0, 0.1) is 0 Å². The highest BCUT2D eigenvalue weighted by Crippen LogP contribution is 2.29. The summed E-state index contributed by atoms with van der Waals surface area (Å²) in [5.74, 6) is 0.927. The van der Waals surface area contributed by atoms with Crippen molar-refractivity contribution in [3.05, 3.63) is 24.5 Å². The standard InChI is InChI=1S/C9H12N2OS2/c1-8(12)11-5-6-13-14-9-3-2-4-10-7-9/h2-4,7H,5-6H2,1H3,(H,11,12). The lowest BCUT2D eigenvalue weighted by molar-refractivity contribution is -0.118. The highest BCUT2D eigenvalue weighted by molar-refractivity contribution is 8.76. The average Bonchev–Trinajstić information content (AvgIpc) is 2.18. The molecule has 0 radical (unpaired) electrons. The lowest BCUT2D eigenvalue weighted by Gasteiger charge is -2.01. The number of rotatable bonds is 5. The zero-order chi connectivity index (χ0) is 10.2. The molecule has 5 heteroatoms. The molecule has 0 aromatic carbocycles. The third-order valence-electron chi connectivity index (χ3n) is 1.35. The maximum Gasteiger partial charge on any atom is 0.216 e. The molecule has 0 atom stereocenters. The van der Waals surface area contributed by atoms with E-state index in [-0.39, 0.29) is 5.91 Å². The fourth-order valence-corrected chi connectivity index (χ4v) is 2.62. The van der Waals surface area contributed by atoms with E-state index in [0.717, 1.165) is 10.6 Å². The Bertz CT molecular complexity index is 279. The van der Waals surface area contributed by atoms with E-state index in [2.05, 4.69) is 10.3 Å². The van der Waals surface area contributed by atoms with Crippen LogP contribution in [0.2, 0.25) is 0 Å². The van der Waals surface area contributed by atoms with Gasteiger partial charge in [0.2, 0.25) is 5.91 Å². The fraction of sp³-hybridized carbons (Fsp3) is 0.333. The van der Waals surface area contributed by atoms with Crippen LogP contribution >= 0.6 is 21.6 Å². The molecule has 1 rings (SSSR count). The molecule has 0 aliphatic carbocycles. The first-order valence-corrected chi connectivity index (χ1v) is 6.55. The van der Waals surface area contributed by atoms with Crippen molar-refractivity contribution in [2.75, 3.05) is 12.3 Å². The first-order chi connectivity index (χ1) is 6.79. The molecule has 0 spiro atoms. The van der Waals surface area contributed by atoms with Crippen molar-refractivity contribution in [1.29, 1.82) is 0 Å². The van der Waals surface area contributed by atoms with Crippen LogP contribution in [0.5, 0.6) is 0 Å². The Morgan fingerprint density at radius 2 is 2.50 bits per heavy atom. The Kier molecular flexibility index (Phi) is 5.47. The molecule has 0 saturated carbocycles. The SMILES string of the molecule is CC(=O)NCCSSc1cccnc1. The van der Waals surface area contributed by atoms with Crippen LogP contribution in [0.15, 0.2) is 29.4 Å². The molecule has 0 aliphatic heterocycles. The summed E-state index contributed by atoms with van der Waals surface area (Å²) in [5, 5.41) is 2.74.